The number of nitrogens with zero attached hydrogens (tertiary/aromatic N) is 2. The van der Waals surface area contributed by atoms with E-state index in [0.29, 0.717) is 13.0 Å². The summed E-state index contributed by atoms with van der Waals surface area (Å²) in [5.74, 6) is 0.0326. The molecule has 0 spiro atoms. The summed E-state index contributed by atoms with van der Waals surface area (Å²) in [4.78, 5) is 24.8. The van der Waals surface area contributed by atoms with E-state index in [1.165, 1.54) is 0 Å². The predicted octanol–water partition coefficient (Wildman–Crippen LogP) is 3.65. The molecule has 0 saturated heterocycles. The number of nitroso groups, excluding NO2 is 1. The number of fused-ring (bicyclic) bond motifs is 1. The molecule has 1 heterocycles. The summed E-state index contributed by atoms with van der Waals surface area (Å²) in [6, 6.07) is 5.28. The van der Waals surface area contributed by atoms with E-state index in [1.807, 2.05) is 32.0 Å². The van der Waals surface area contributed by atoms with Gasteiger partial charge in [0.1, 0.15) is 6.04 Å². The lowest BCUT2D eigenvalue weighted by Crippen LogP contribution is -2.38. The van der Waals surface area contributed by atoms with Gasteiger partial charge in [-0.15, -0.1) is 0 Å². The van der Waals surface area contributed by atoms with Crippen LogP contribution in [-0.2, 0) is 4.79 Å². The Morgan fingerprint density at radius 2 is 2.22 bits per heavy atom. The van der Waals surface area contributed by atoms with Crippen LogP contribution in [0.1, 0.15) is 31.9 Å². The van der Waals surface area contributed by atoms with Gasteiger partial charge in [-0.05, 0) is 24.6 Å². The van der Waals surface area contributed by atoms with E-state index in [9.17, 15) is 9.70 Å². The largest absolute Gasteiger partial charge is 0.312 e. The summed E-state index contributed by atoms with van der Waals surface area (Å²) in [6.07, 6.45) is 0.589. The number of carbonyl (C=O) groups excluding carboxylic acids is 1. The highest BCUT2D eigenvalue weighted by atomic mass is 79.9. The first-order valence-corrected chi connectivity index (χ1v) is 6.77. The first kappa shape index (κ1) is 13.2. The average molecular weight is 311 g/mol. The third-order valence-electron chi connectivity index (χ3n) is 3.15. The highest BCUT2D eigenvalue weighted by molar-refractivity contribution is 9.10. The van der Waals surface area contributed by atoms with Crippen LogP contribution in [0.25, 0.3) is 0 Å². The number of anilines is 1. The molecule has 0 aromatic heterocycles. The Morgan fingerprint density at radius 3 is 2.83 bits per heavy atom. The minimum absolute atomic E-state index is 0.0535. The van der Waals surface area contributed by atoms with Crippen LogP contribution in [-0.4, -0.2) is 12.5 Å². The molecule has 0 saturated carbocycles. The lowest BCUT2D eigenvalue weighted by Gasteiger charge is -2.32. The topological polar surface area (TPSA) is 49.7 Å². The zero-order valence-electron chi connectivity index (χ0n) is 10.4. The number of hydrogen-bond acceptors (Lipinski definition) is 3. The molecule has 1 atom stereocenters. The van der Waals surface area contributed by atoms with Gasteiger partial charge < -0.3 is 4.90 Å². The summed E-state index contributed by atoms with van der Waals surface area (Å²) < 4.78 is 0.897. The van der Waals surface area contributed by atoms with Gasteiger partial charge in [0.15, 0.2) is 0 Å². The molecule has 18 heavy (non-hydrogen) atoms. The molecule has 2 rings (SSSR count). The Hall–Kier alpha value is -1.23. The summed E-state index contributed by atoms with van der Waals surface area (Å²) in [5, 5.41) is 3.16. The molecule has 4 nitrogen and oxygen atoms in total. The quantitative estimate of drug-likeness (QED) is 0.783. The van der Waals surface area contributed by atoms with Crippen molar-refractivity contribution >= 4 is 27.5 Å². The van der Waals surface area contributed by atoms with E-state index in [2.05, 4.69) is 21.1 Å². The van der Waals surface area contributed by atoms with E-state index in [0.717, 1.165) is 15.7 Å². The van der Waals surface area contributed by atoms with Crippen LogP contribution < -0.4 is 4.90 Å². The average Bonchev–Trinajstić information content (AvgIpc) is 2.36. The summed E-state index contributed by atoms with van der Waals surface area (Å²) in [5.41, 5.74) is 1.65. The van der Waals surface area contributed by atoms with Gasteiger partial charge in [-0.3, -0.25) is 4.79 Å². The van der Waals surface area contributed by atoms with Crippen molar-refractivity contribution in [3.05, 3.63) is 33.1 Å². The van der Waals surface area contributed by atoms with Crippen LogP contribution in [0.5, 0.6) is 0 Å². The molecule has 1 aromatic carbocycles. The summed E-state index contributed by atoms with van der Waals surface area (Å²) in [6.45, 7) is 4.32. The Kier molecular flexibility index (Phi) is 3.80. The molecule has 5 heteroatoms. The van der Waals surface area contributed by atoms with Crippen LogP contribution in [0.2, 0.25) is 0 Å². The highest BCUT2D eigenvalue weighted by Crippen LogP contribution is 2.38. The molecule has 96 valence electrons. The highest BCUT2D eigenvalue weighted by Gasteiger charge is 2.30. The second-order valence-electron chi connectivity index (χ2n) is 4.76. The fourth-order valence-corrected chi connectivity index (χ4v) is 2.59. The van der Waals surface area contributed by atoms with Crippen molar-refractivity contribution in [3.63, 3.8) is 0 Å². The molecular weight excluding hydrogens is 296 g/mol. The predicted molar refractivity (Wildman–Crippen MR) is 74.5 cm³/mol. The zero-order chi connectivity index (χ0) is 13.3. The minimum atomic E-state index is -0.353. The van der Waals surface area contributed by atoms with Gasteiger partial charge in [0.25, 0.3) is 0 Å². The van der Waals surface area contributed by atoms with E-state index in [1.54, 1.807) is 4.90 Å². The van der Waals surface area contributed by atoms with Crippen LogP contribution in [0, 0.1) is 10.8 Å². The minimum Gasteiger partial charge on any atom is -0.312 e. The maximum absolute atomic E-state index is 12.1. The summed E-state index contributed by atoms with van der Waals surface area (Å²) in [7, 11) is 0. The van der Waals surface area contributed by atoms with Crippen molar-refractivity contribution in [2.24, 2.45) is 11.1 Å². The van der Waals surface area contributed by atoms with Gasteiger partial charge >= 0.3 is 0 Å². The molecule has 0 bridgehead atoms. The first-order valence-electron chi connectivity index (χ1n) is 5.98. The number of benzene rings is 1. The molecule has 0 radical (unpaired) electrons. The standard InChI is InChI=1S/C13H15BrN2O2/c1-8(2)13(17)16-6-5-11(15-18)10-7-9(14)3-4-12(10)16/h3-4,7-8,11H,5-6H2,1-2H3. The van der Waals surface area contributed by atoms with E-state index < -0.39 is 0 Å². The Morgan fingerprint density at radius 1 is 1.50 bits per heavy atom. The van der Waals surface area contributed by atoms with E-state index in [4.69, 9.17) is 0 Å². The van der Waals surface area contributed by atoms with Crippen molar-refractivity contribution in [1.29, 1.82) is 0 Å². The first-order chi connectivity index (χ1) is 8.54. The van der Waals surface area contributed by atoms with Gasteiger partial charge in [-0.25, -0.2) is 0 Å². The molecule has 0 fully saturated rings. The molecule has 1 unspecified atom stereocenters. The van der Waals surface area contributed by atoms with Crippen LogP contribution in [0.3, 0.4) is 0 Å². The van der Waals surface area contributed by atoms with Gasteiger partial charge in [-0.1, -0.05) is 35.0 Å². The number of rotatable bonds is 2. The Balaban J connectivity index is 2.46. The SMILES string of the molecule is CC(C)C(=O)N1CCC(N=O)c2cc(Br)ccc21. The molecule has 1 aliphatic rings. The zero-order valence-corrected chi connectivity index (χ0v) is 12.0. The second kappa shape index (κ2) is 5.18. The fraction of sp³-hybridized carbons (Fsp3) is 0.462. The smallest absolute Gasteiger partial charge is 0.229 e. The molecule has 1 aliphatic heterocycles. The Labute approximate surface area is 114 Å². The van der Waals surface area contributed by atoms with Crippen molar-refractivity contribution in [1.82, 2.24) is 0 Å². The van der Waals surface area contributed by atoms with Gasteiger partial charge in [0, 0.05) is 28.2 Å². The second-order valence-corrected chi connectivity index (χ2v) is 5.67. The monoisotopic (exact) mass is 310 g/mol. The van der Waals surface area contributed by atoms with Gasteiger partial charge in [0.2, 0.25) is 5.91 Å². The van der Waals surface area contributed by atoms with Crippen LogP contribution in [0.4, 0.5) is 5.69 Å². The van der Waals surface area contributed by atoms with Crippen LogP contribution >= 0.6 is 15.9 Å². The van der Waals surface area contributed by atoms with Gasteiger partial charge in [-0.2, -0.15) is 4.91 Å². The summed E-state index contributed by atoms with van der Waals surface area (Å²) >= 11 is 3.39. The van der Waals surface area contributed by atoms with Crippen molar-refractivity contribution in [3.8, 4) is 0 Å². The molecule has 1 aromatic rings. The maximum Gasteiger partial charge on any atom is 0.229 e. The van der Waals surface area contributed by atoms with E-state index >= 15 is 0 Å². The fourth-order valence-electron chi connectivity index (χ4n) is 2.22. The Bertz CT molecular complexity index is 488. The number of amides is 1. The molecule has 0 aliphatic carbocycles. The maximum atomic E-state index is 12.1. The van der Waals surface area contributed by atoms with Crippen molar-refractivity contribution in [2.75, 3.05) is 11.4 Å². The van der Waals surface area contributed by atoms with Crippen molar-refractivity contribution in [2.45, 2.75) is 26.3 Å². The lowest BCUT2D eigenvalue weighted by atomic mass is 9.96. The third kappa shape index (κ3) is 2.32. The number of carbonyl (C=O) groups is 1. The van der Waals surface area contributed by atoms with E-state index in [-0.39, 0.29) is 17.9 Å². The number of halogens is 1. The molecule has 1 amide bonds. The molecule has 0 N–H and O–H groups in total. The van der Waals surface area contributed by atoms with Crippen LogP contribution in [0.15, 0.2) is 27.8 Å². The molecular formula is C13H15BrN2O2. The number of hydrogen-bond donors (Lipinski definition) is 0. The lowest BCUT2D eigenvalue weighted by molar-refractivity contribution is -0.121. The third-order valence-corrected chi connectivity index (χ3v) is 3.65. The van der Waals surface area contributed by atoms with Gasteiger partial charge in [0.05, 0.1) is 0 Å². The van der Waals surface area contributed by atoms with Crippen molar-refractivity contribution < 1.29 is 4.79 Å². The normalized spacial score (nSPS) is 18.7.